The van der Waals surface area contributed by atoms with Crippen molar-refractivity contribution >= 4 is 22.4 Å². The van der Waals surface area contributed by atoms with E-state index in [4.69, 9.17) is 9.72 Å². The van der Waals surface area contributed by atoms with Gasteiger partial charge in [0.05, 0.1) is 16.6 Å². The van der Waals surface area contributed by atoms with Crippen molar-refractivity contribution < 1.29 is 9.53 Å². The van der Waals surface area contributed by atoms with Crippen LogP contribution in [0.25, 0.3) is 21.8 Å². The van der Waals surface area contributed by atoms with Crippen molar-refractivity contribution in [1.29, 1.82) is 0 Å². The van der Waals surface area contributed by atoms with Gasteiger partial charge in [0.1, 0.15) is 5.69 Å². The molecule has 0 atom stereocenters. The summed E-state index contributed by atoms with van der Waals surface area (Å²) in [6, 6.07) is 20.4. The number of methoxy groups -OCH3 is 1. The second-order valence-corrected chi connectivity index (χ2v) is 9.83. The third kappa shape index (κ3) is 6.76. The largest absolute Gasteiger partial charge is 0.385 e. The predicted molar refractivity (Wildman–Crippen MR) is 148 cm³/mol. The number of anilines is 1. The maximum absolute atomic E-state index is 13.0. The minimum absolute atomic E-state index is 0.0803. The van der Waals surface area contributed by atoms with Gasteiger partial charge in [-0.15, -0.1) is 0 Å². The first-order chi connectivity index (χ1) is 18.0. The van der Waals surface area contributed by atoms with Crippen molar-refractivity contribution in [3.63, 3.8) is 0 Å². The molecule has 0 spiro atoms. The molecule has 0 saturated carbocycles. The number of rotatable bonds is 11. The van der Waals surface area contributed by atoms with E-state index in [0.717, 1.165) is 42.1 Å². The van der Waals surface area contributed by atoms with Gasteiger partial charge >= 0.3 is 0 Å². The second-order valence-electron chi connectivity index (χ2n) is 8.83. The molecule has 0 aliphatic heterocycles. The zero-order valence-electron chi connectivity index (χ0n) is 21.2. The van der Waals surface area contributed by atoms with Crippen LogP contribution in [0.5, 0.6) is 0 Å². The number of ether oxygens (including phenoxy) is 1. The molecule has 9 heteroatoms. The number of benzene rings is 2. The van der Waals surface area contributed by atoms with Crippen LogP contribution in [0.15, 0.2) is 71.5 Å². The number of nitrogens with zero attached hydrogens (tertiary/aromatic N) is 3. The summed E-state index contributed by atoms with van der Waals surface area (Å²) in [5.74, 6) is -0.236. The molecule has 2 aromatic heterocycles. The van der Waals surface area contributed by atoms with E-state index < -0.39 is 0 Å². The first-order valence-electron chi connectivity index (χ1n) is 12.2. The lowest BCUT2D eigenvalue weighted by Gasteiger charge is -2.09. The second kappa shape index (κ2) is 12.5. The lowest BCUT2D eigenvalue weighted by Crippen LogP contribution is -2.23. The molecule has 0 bridgehead atoms. The van der Waals surface area contributed by atoms with Crippen LogP contribution in [-0.4, -0.2) is 40.9 Å². The van der Waals surface area contributed by atoms with Gasteiger partial charge in [0.2, 0.25) is 0 Å². The van der Waals surface area contributed by atoms with Gasteiger partial charge in [-0.1, -0.05) is 53.8 Å². The van der Waals surface area contributed by atoms with Crippen molar-refractivity contribution in [2.45, 2.75) is 32.9 Å². The van der Waals surface area contributed by atoms with Gasteiger partial charge in [-0.2, -0.15) is 5.10 Å². The molecule has 0 aliphatic carbocycles. The van der Waals surface area contributed by atoms with Crippen LogP contribution in [0.4, 0.5) is 5.13 Å². The van der Waals surface area contributed by atoms with Gasteiger partial charge in [-0.25, -0.2) is 9.67 Å². The zero-order chi connectivity index (χ0) is 26.2. The summed E-state index contributed by atoms with van der Waals surface area (Å²) in [6.07, 6.45) is 0.950. The van der Waals surface area contributed by atoms with Gasteiger partial charge in [-0.3, -0.25) is 14.9 Å². The van der Waals surface area contributed by atoms with Crippen molar-refractivity contribution in [3.8, 4) is 21.8 Å². The zero-order valence-corrected chi connectivity index (χ0v) is 22.0. The Morgan fingerprint density at radius 3 is 2.51 bits per heavy atom. The monoisotopic (exact) mass is 517 g/mol. The van der Waals surface area contributed by atoms with E-state index in [-0.39, 0.29) is 17.5 Å². The Bertz CT molecular complexity index is 1380. The smallest absolute Gasteiger partial charge is 0.267 e. The summed E-state index contributed by atoms with van der Waals surface area (Å²) in [5.41, 5.74) is 3.73. The fourth-order valence-corrected chi connectivity index (χ4v) is 4.72. The highest BCUT2D eigenvalue weighted by Crippen LogP contribution is 2.38. The molecule has 2 aromatic carbocycles. The number of amides is 1. The lowest BCUT2D eigenvalue weighted by molar-refractivity contribution is 0.102. The maximum atomic E-state index is 13.0. The summed E-state index contributed by atoms with van der Waals surface area (Å²) in [4.78, 5) is 30.8. The van der Waals surface area contributed by atoms with E-state index in [1.54, 1.807) is 13.2 Å². The van der Waals surface area contributed by atoms with Gasteiger partial charge < -0.3 is 10.1 Å². The third-order valence-electron chi connectivity index (χ3n) is 5.69. The molecule has 0 fully saturated rings. The van der Waals surface area contributed by atoms with E-state index in [2.05, 4.69) is 15.7 Å². The predicted octanol–water partition coefficient (Wildman–Crippen LogP) is 4.99. The molecule has 8 nitrogen and oxygen atoms in total. The van der Waals surface area contributed by atoms with Gasteiger partial charge in [0, 0.05) is 37.5 Å². The fourth-order valence-electron chi connectivity index (χ4n) is 3.77. The molecule has 4 aromatic rings. The van der Waals surface area contributed by atoms with Crippen LogP contribution in [0, 0.1) is 0 Å². The number of carbonyl (C=O) groups is 1. The Labute approximate surface area is 220 Å². The van der Waals surface area contributed by atoms with Crippen LogP contribution in [-0.2, 0) is 11.3 Å². The molecule has 192 valence electrons. The summed E-state index contributed by atoms with van der Waals surface area (Å²) in [7, 11) is 1.70. The molecule has 1 amide bonds. The molecule has 2 N–H and O–H groups in total. The number of nitrogens with one attached hydrogen (secondary N) is 2. The van der Waals surface area contributed by atoms with Crippen molar-refractivity contribution in [1.82, 2.24) is 20.1 Å². The van der Waals surface area contributed by atoms with Crippen LogP contribution in [0.1, 0.15) is 42.2 Å². The van der Waals surface area contributed by atoms with Gasteiger partial charge in [0.15, 0.2) is 5.13 Å². The fraction of sp³-hybridized carbons (Fsp3) is 0.286. The van der Waals surface area contributed by atoms with Crippen LogP contribution in [0.2, 0.25) is 0 Å². The van der Waals surface area contributed by atoms with Crippen LogP contribution < -0.4 is 16.2 Å². The minimum Gasteiger partial charge on any atom is -0.385 e. The van der Waals surface area contributed by atoms with E-state index in [9.17, 15) is 9.59 Å². The highest BCUT2D eigenvalue weighted by molar-refractivity contribution is 7.19. The molecule has 0 aliphatic rings. The first kappa shape index (κ1) is 26.4. The normalized spacial score (nSPS) is 11.1. The van der Waals surface area contributed by atoms with Gasteiger partial charge in [-0.05, 0) is 50.6 Å². The summed E-state index contributed by atoms with van der Waals surface area (Å²) >= 11 is 1.34. The lowest BCUT2D eigenvalue weighted by atomic mass is 10.1. The average molecular weight is 518 g/mol. The van der Waals surface area contributed by atoms with E-state index >= 15 is 0 Å². The Hall–Kier alpha value is -3.66. The quantitative estimate of drug-likeness (QED) is 0.272. The van der Waals surface area contributed by atoms with Crippen LogP contribution in [0.3, 0.4) is 0 Å². The standard InChI is InChI=1S/C28H31N5O3S/c1-19(2)33-24(34)15-14-23(32-33)26-25(21-8-5-4-6-9-21)30-28(37-26)31-27(35)22-12-10-20(11-13-22)18-29-16-7-17-36-3/h4-6,8-15,19,29H,7,16-18H2,1-3H3,(H,30,31,35). The molecule has 0 saturated heterocycles. The van der Waals surface area contributed by atoms with E-state index in [1.807, 2.05) is 68.4 Å². The van der Waals surface area contributed by atoms with Crippen LogP contribution >= 0.6 is 11.3 Å². The minimum atomic E-state index is -0.236. The molecule has 0 unspecified atom stereocenters. The SMILES string of the molecule is COCCCNCc1ccc(C(=O)Nc2nc(-c3ccccc3)c(-c3ccc(=O)n(C(C)C)n3)s2)cc1. The number of hydrogen-bond donors (Lipinski definition) is 2. The first-order valence-corrected chi connectivity index (χ1v) is 13.0. The molecule has 4 rings (SSSR count). The topological polar surface area (TPSA) is 98.1 Å². The number of thiazole rings is 1. The van der Waals surface area contributed by atoms with Crippen molar-refractivity contribution in [3.05, 3.63) is 88.2 Å². The number of hydrogen-bond acceptors (Lipinski definition) is 7. The van der Waals surface area contributed by atoms with Crippen molar-refractivity contribution in [2.75, 3.05) is 25.6 Å². The Morgan fingerprint density at radius 2 is 1.81 bits per heavy atom. The maximum Gasteiger partial charge on any atom is 0.267 e. The summed E-state index contributed by atoms with van der Waals surface area (Å²) in [6.45, 7) is 6.16. The molecular formula is C28H31N5O3S. The number of carbonyl (C=O) groups excluding carboxylic acids is 1. The van der Waals surface area contributed by atoms with E-state index in [0.29, 0.717) is 22.1 Å². The number of aromatic nitrogens is 3. The third-order valence-corrected chi connectivity index (χ3v) is 6.68. The highest BCUT2D eigenvalue weighted by atomic mass is 32.1. The Kier molecular flexibility index (Phi) is 8.95. The van der Waals surface area contributed by atoms with E-state index in [1.165, 1.54) is 22.1 Å². The Morgan fingerprint density at radius 1 is 1.05 bits per heavy atom. The van der Waals surface area contributed by atoms with Gasteiger partial charge in [0.25, 0.3) is 11.5 Å². The molecule has 37 heavy (non-hydrogen) atoms. The Balaban J connectivity index is 1.55. The summed E-state index contributed by atoms with van der Waals surface area (Å²) < 4.78 is 6.51. The van der Waals surface area contributed by atoms with Crippen molar-refractivity contribution in [2.24, 2.45) is 0 Å². The average Bonchev–Trinajstić information content (AvgIpc) is 3.33. The molecule has 0 radical (unpaired) electrons. The molecule has 2 heterocycles. The highest BCUT2D eigenvalue weighted by Gasteiger charge is 2.19. The molecular weight excluding hydrogens is 486 g/mol. The summed E-state index contributed by atoms with van der Waals surface area (Å²) in [5, 5.41) is 11.3.